The second-order valence-electron chi connectivity index (χ2n) is 12.4. The lowest BCUT2D eigenvalue weighted by Crippen LogP contribution is -2.48. The molecule has 4 heterocycles. The van der Waals surface area contributed by atoms with Gasteiger partial charge in [-0.15, -0.1) is 0 Å². The summed E-state index contributed by atoms with van der Waals surface area (Å²) < 4.78 is 5.86. The molecule has 1 amide bonds. The average Bonchev–Trinajstić information content (AvgIpc) is 2.96. The first kappa shape index (κ1) is 29.3. The number of anilines is 2. The molecule has 1 aromatic heterocycles. The molecule has 3 N–H and O–H groups in total. The van der Waals surface area contributed by atoms with Gasteiger partial charge in [-0.1, -0.05) is 18.2 Å². The Bertz CT molecular complexity index is 1220. The van der Waals surface area contributed by atoms with Crippen LogP contribution in [0.5, 0.6) is 0 Å². The van der Waals surface area contributed by atoms with E-state index < -0.39 is 12.0 Å². The number of hydrogen-bond donors (Lipinski definition) is 3. The third-order valence-electron chi connectivity index (χ3n) is 8.49. The number of aromatic nitrogens is 1. The second-order valence-corrected chi connectivity index (χ2v) is 12.4. The fraction of sp³-hybridized carbons (Fsp3) is 0.594. The van der Waals surface area contributed by atoms with Crippen molar-refractivity contribution < 1.29 is 19.4 Å². The molecule has 3 aliphatic rings. The number of piperidine rings is 1. The first-order valence-electron chi connectivity index (χ1n) is 15.2. The normalized spacial score (nSPS) is 21.4. The van der Waals surface area contributed by atoms with Crippen LogP contribution in [-0.4, -0.2) is 78.3 Å². The van der Waals surface area contributed by atoms with Gasteiger partial charge in [0.1, 0.15) is 5.82 Å². The molecule has 3 aliphatic heterocycles. The Labute approximate surface area is 243 Å². The van der Waals surface area contributed by atoms with Gasteiger partial charge in [-0.25, -0.2) is 4.98 Å². The van der Waals surface area contributed by atoms with Crippen molar-refractivity contribution in [2.75, 3.05) is 56.1 Å². The molecule has 2 atom stereocenters. The maximum Gasteiger partial charge on any atom is 0.305 e. The first-order valence-corrected chi connectivity index (χ1v) is 15.2. The van der Waals surface area contributed by atoms with E-state index in [-0.39, 0.29) is 23.8 Å². The Morgan fingerprint density at radius 1 is 1.22 bits per heavy atom. The van der Waals surface area contributed by atoms with Crippen molar-refractivity contribution in [3.05, 3.63) is 53.2 Å². The van der Waals surface area contributed by atoms with Crippen molar-refractivity contribution in [3.63, 3.8) is 0 Å². The molecule has 2 saturated heterocycles. The zero-order chi connectivity index (χ0) is 28.8. The molecule has 0 spiro atoms. The van der Waals surface area contributed by atoms with Crippen molar-refractivity contribution in [1.82, 2.24) is 15.2 Å². The number of morpholine rings is 1. The number of benzene rings is 1. The number of nitrogens with one attached hydrogen (secondary N) is 2. The molecule has 5 rings (SSSR count). The van der Waals surface area contributed by atoms with Crippen LogP contribution >= 0.6 is 0 Å². The lowest BCUT2D eigenvalue weighted by atomic mass is 9.95. The number of aliphatic carboxylic acids is 1. The van der Waals surface area contributed by atoms with Gasteiger partial charge in [-0.2, -0.15) is 0 Å². The van der Waals surface area contributed by atoms with E-state index in [0.717, 1.165) is 94.0 Å². The fourth-order valence-corrected chi connectivity index (χ4v) is 6.36. The summed E-state index contributed by atoms with van der Waals surface area (Å²) in [6.45, 7) is 9.93. The van der Waals surface area contributed by atoms with E-state index in [1.54, 1.807) is 0 Å². The van der Waals surface area contributed by atoms with Crippen LogP contribution in [0.2, 0.25) is 0 Å². The third kappa shape index (κ3) is 7.98. The number of pyridine rings is 1. The molecule has 0 aliphatic carbocycles. The highest BCUT2D eigenvalue weighted by Gasteiger charge is 2.30. The maximum absolute atomic E-state index is 13.4. The highest BCUT2D eigenvalue weighted by Crippen LogP contribution is 2.28. The Hall–Kier alpha value is -3.17. The van der Waals surface area contributed by atoms with Gasteiger partial charge in [0.05, 0.1) is 30.6 Å². The molecular formula is C32H45N5O4. The number of carboxylic acids is 1. The van der Waals surface area contributed by atoms with Crippen molar-refractivity contribution >= 4 is 23.4 Å². The number of carbonyl (C=O) groups is 2. The van der Waals surface area contributed by atoms with Crippen LogP contribution in [0.1, 0.15) is 68.8 Å². The monoisotopic (exact) mass is 563 g/mol. The Morgan fingerprint density at radius 2 is 2.10 bits per heavy atom. The Morgan fingerprint density at radius 3 is 2.93 bits per heavy atom. The number of aryl methyl sites for hydroxylation is 2. The van der Waals surface area contributed by atoms with Crippen molar-refractivity contribution in [2.24, 2.45) is 5.92 Å². The molecule has 2 aromatic rings. The number of carboxylic acid groups (broad SMARTS) is 1. The quantitative estimate of drug-likeness (QED) is 0.398. The Kier molecular flexibility index (Phi) is 9.45. The number of hydrogen-bond acceptors (Lipinski definition) is 7. The van der Waals surface area contributed by atoms with Crippen LogP contribution in [-0.2, 0) is 27.2 Å². The molecule has 9 heteroatoms. The summed E-state index contributed by atoms with van der Waals surface area (Å²) in [5.74, 6) is -0.0845. The average molecular weight is 564 g/mol. The molecule has 1 aromatic carbocycles. The Balaban J connectivity index is 1.17. The van der Waals surface area contributed by atoms with Gasteiger partial charge < -0.3 is 30.3 Å². The van der Waals surface area contributed by atoms with Gasteiger partial charge in [0.15, 0.2) is 0 Å². The molecule has 0 radical (unpaired) electrons. The summed E-state index contributed by atoms with van der Waals surface area (Å²) in [7, 11) is 0. The third-order valence-corrected chi connectivity index (χ3v) is 8.49. The molecule has 9 nitrogen and oxygen atoms in total. The molecule has 2 fully saturated rings. The minimum absolute atomic E-state index is 0.0544. The number of nitrogens with zero attached hydrogens (tertiary/aromatic N) is 3. The van der Waals surface area contributed by atoms with E-state index in [1.807, 2.05) is 24.3 Å². The summed E-state index contributed by atoms with van der Waals surface area (Å²) in [6.07, 6.45) is 5.80. The van der Waals surface area contributed by atoms with Gasteiger partial charge >= 0.3 is 5.97 Å². The van der Waals surface area contributed by atoms with E-state index in [1.165, 1.54) is 5.56 Å². The van der Waals surface area contributed by atoms with Crippen LogP contribution in [0.15, 0.2) is 36.4 Å². The summed E-state index contributed by atoms with van der Waals surface area (Å²) in [4.78, 5) is 34.7. The summed E-state index contributed by atoms with van der Waals surface area (Å²) in [5.41, 5.74) is 4.02. The zero-order valence-corrected chi connectivity index (χ0v) is 24.5. The van der Waals surface area contributed by atoms with E-state index >= 15 is 0 Å². The number of amides is 1. The van der Waals surface area contributed by atoms with E-state index in [9.17, 15) is 14.7 Å². The second kappa shape index (κ2) is 13.2. The van der Waals surface area contributed by atoms with Crippen LogP contribution < -0.4 is 15.5 Å². The van der Waals surface area contributed by atoms with Crippen molar-refractivity contribution in [3.8, 4) is 0 Å². The number of fused-ring (bicyclic) bond motifs is 1. The van der Waals surface area contributed by atoms with Gasteiger partial charge in [-0.05, 0) is 94.8 Å². The molecule has 0 unspecified atom stereocenters. The van der Waals surface area contributed by atoms with Crippen molar-refractivity contribution in [1.29, 1.82) is 0 Å². The van der Waals surface area contributed by atoms with Gasteiger partial charge in [0.2, 0.25) is 5.91 Å². The van der Waals surface area contributed by atoms with E-state index in [0.29, 0.717) is 13.2 Å². The SMILES string of the molecule is CC1(C)CN(c2cccc([C@H](CC(=O)O)NC(=O)[C@@H]3CCCN(CCCc4ccc5c(n4)NCCC5)C3)c2)CCO1. The number of carbonyl (C=O) groups excluding carboxylic acids is 1. The predicted octanol–water partition coefficient (Wildman–Crippen LogP) is 4.03. The number of rotatable bonds is 10. The smallest absolute Gasteiger partial charge is 0.305 e. The summed E-state index contributed by atoms with van der Waals surface area (Å²) >= 11 is 0. The van der Waals surface area contributed by atoms with Crippen LogP contribution in [0.4, 0.5) is 11.5 Å². The molecule has 0 bridgehead atoms. The molecule has 41 heavy (non-hydrogen) atoms. The topological polar surface area (TPSA) is 107 Å². The van der Waals surface area contributed by atoms with Crippen LogP contribution in [0.3, 0.4) is 0 Å². The van der Waals surface area contributed by atoms with Gasteiger partial charge in [-0.3, -0.25) is 9.59 Å². The largest absolute Gasteiger partial charge is 0.481 e. The lowest BCUT2D eigenvalue weighted by molar-refractivity contribution is -0.138. The van der Waals surface area contributed by atoms with Gasteiger partial charge in [0.25, 0.3) is 0 Å². The lowest BCUT2D eigenvalue weighted by Gasteiger charge is -2.39. The fourth-order valence-electron chi connectivity index (χ4n) is 6.36. The highest BCUT2D eigenvalue weighted by atomic mass is 16.5. The number of ether oxygens (including phenoxy) is 1. The first-order chi connectivity index (χ1) is 19.8. The molecular weight excluding hydrogens is 518 g/mol. The minimum Gasteiger partial charge on any atom is -0.481 e. The maximum atomic E-state index is 13.4. The van der Waals surface area contributed by atoms with Crippen LogP contribution in [0.25, 0.3) is 0 Å². The minimum atomic E-state index is -0.926. The van der Waals surface area contributed by atoms with Gasteiger partial charge in [0, 0.05) is 37.6 Å². The standard InChI is InChI=1S/C32H45N5O4/c1-32(2)22-37(17-18-41-32)27-11-3-7-24(19-27)28(20-29(38)39)35-31(40)25-9-5-15-36(21-25)16-6-10-26-13-12-23-8-4-14-33-30(23)34-26/h3,7,11-13,19,25,28H,4-6,8-10,14-18,20-22H2,1-2H3,(H,33,34)(H,35,40)(H,38,39)/t25-,28+/m1/s1. The molecule has 0 saturated carbocycles. The predicted molar refractivity (Wildman–Crippen MR) is 160 cm³/mol. The molecule has 222 valence electrons. The van der Waals surface area contributed by atoms with E-state index in [2.05, 4.69) is 46.4 Å². The van der Waals surface area contributed by atoms with Crippen molar-refractivity contribution in [2.45, 2.75) is 70.4 Å². The zero-order valence-electron chi connectivity index (χ0n) is 24.5. The van der Waals surface area contributed by atoms with Crippen LogP contribution in [0, 0.1) is 5.92 Å². The summed E-state index contributed by atoms with van der Waals surface area (Å²) in [5, 5.41) is 16.2. The summed E-state index contributed by atoms with van der Waals surface area (Å²) in [6, 6.07) is 11.7. The van der Waals surface area contributed by atoms with E-state index in [4.69, 9.17) is 9.72 Å². The number of likely N-dealkylation sites (tertiary alicyclic amines) is 1. The highest BCUT2D eigenvalue weighted by molar-refractivity contribution is 5.80.